The van der Waals surface area contributed by atoms with Crippen molar-refractivity contribution in [2.75, 3.05) is 59.7 Å². The van der Waals surface area contributed by atoms with Gasteiger partial charge in [0.25, 0.3) is 0 Å². The predicted molar refractivity (Wildman–Crippen MR) is 67.6 cm³/mol. The molecule has 0 aromatic rings. The first kappa shape index (κ1) is 14.2. The van der Waals surface area contributed by atoms with Crippen LogP contribution in [-0.2, 0) is 19.1 Å². The number of carbonyl (C=O) groups excluding carboxylic acids is 2. The summed E-state index contributed by atoms with van der Waals surface area (Å²) in [7, 11) is 1.51. The second-order valence-electron chi connectivity index (χ2n) is 4.72. The zero-order chi connectivity index (χ0) is 13.7. The largest absolute Gasteiger partial charge is 0.378 e. The molecule has 0 bridgehead atoms. The standard InChI is InChI=1S/C12H21N3O4/c1-18-9-11(16)14-3-5-15(6-4-14)12(17)10-8-19-7-2-13-10/h10,13H,2-9H2,1H3. The van der Waals surface area contributed by atoms with E-state index in [2.05, 4.69) is 5.32 Å². The summed E-state index contributed by atoms with van der Waals surface area (Å²) in [5.74, 6) is 0.0484. The first-order valence-corrected chi connectivity index (χ1v) is 6.59. The summed E-state index contributed by atoms with van der Waals surface area (Å²) >= 11 is 0. The molecule has 1 N–H and O–H groups in total. The Morgan fingerprint density at radius 2 is 1.95 bits per heavy atom. The molecular weight excluding hydrogens is 250 g/mol. The number of methoxy groups -OCH3 is 1. The molecule has 0 aromatic carbocycles. The zero-order valence-electron chi connectivity index (χ0n) is 11.3. The number of nitrogens with one attached hydrogen (secondary N) is 1. The van der Waals surface area contributed by atoms with Crippen LogP contribution < -0.4 is 5.32 Å². The number of piperazine rings is 1. The SMILES string of the molecule is COCC(=O)N1CCN(C(=O)C2COCCN2)CC1. The van der Waals surface area contributed by atoms with Gasteiger partial charge in [0.05, 0.1) is 13.2 Å². The van der Waals surface area contributed by atoms with Gasteiger partial charge in [-0.2, -0.15) is 0 Å². The van der Waals surface area contributed by atoms with E-state index in [9.17, 15) is 9.59 Å². The van der Waals surface area contributed by atoms with E-state index in [1.807, 2.05) is 0 Å². The maximum atomic E-state index is 12.2. The average molecular weight is 271 g/mol. The highest BCUT2D eigenvalue weighted by molar-refractivity contribution is 5.83. The molecule has 1 atom stereocenters. The number of hydrogen-bond donors (Lipinski definition) is 1. The first-order valence-electron chi connectivity index (χ1n) is 6.59. The molecule has 2 rings (SSSR count). The second-order valence-corrected chi connectivity index (χ2v) is 4.72. The molecule has 108 valence electrons. The minimum atomic E-state index is -0.241. The number of nitrogens with zero attached hydrogens (tertiary/aromatic N) is 2. The van der Waals surface area contributed by atoms with E-state index >= 15 is 0 Å². The molecule has 0 aliphatic carbocycles. The van der Waals surface area contributed by atoms with Crippen molar-refractivity contribution in [2.24, 2.45) is 0 Å². The van der Waals surface area contributed by atoms with Crippen molar-refractivity contribution in [3.05, 3.63) is 0 Å². The maximum Gasteiger partial charge on any atom is 0.248 e. The molecule has 2 aliphatic heterocycles. The zero-order valence-corrected chi connectivity index (χ0v) is 11.3. The van der Waals surface area contributed by atoms with E-state index in [1.165, 1.54) is 7.11 Å². The van der Waals surface area contributed by atoms with Crippen LogP contribution in [0.15, 0.2) is 0 Å². The van der Waals surface area contributed by atoms with Gasteiger partial charge in [0.1, 0.15) is 12.6 Å². The molecule has 2 aliphatic rings. The summed E-state index contributed by atoms with van der Waals surface area (Å²) in [5, 5.41) is 3.15. The third-order valence-corrected chi connectivity index (χ3v) is 3.43. The second kappa shape index (κ2) is 6.83. The Labute approximate surface area is 112 Å². The topological polar surface area (TPSA) is 71.1 Å². The fourth-order valence-corrected chi connectivity index (χ4v) is 2.34. The molecule has 19 heavy (non-hydrogen) atoms. The van der Waals surface area contributed by atoms with Crippen LogP contribution >= 0.6 is 0 Å². The molecule has 7 heteroatoms. The van der Waals surface area contributed by atoms with Crippen molar-refractivity contribution in [1.82, 2.24) is 15.1 Å². The monoisotopic (exact) mass is 271 g/mol. The lowest BCUT2D eigenvalue weighted by molar-refractivity contribution is -0.144. The van der Waals surface area contributed by atoms with Crippen LogP contribution in [0, 0.1) is 0 Å². The van der Waals surface area contributed by atoms with Crippen molar-refractivity contribution in [2.45, 2.75) is 6.04 Å². The van der Waals surface area contributed by atoms with Gasteiger partial charge in [-0.1, -0.05) is 0 Å². The van der Waals surface area contributed by atoms with Gasteiger partial charge in [0, 0.05) is 39.8 Å². The van der Waals surface area contributed by atoms with E-state index in [-0.39, 0.29) is 24.5 Å². The highest BCUT2D eigenvalue weighted by Gasteiger charge is 2.29. The van der Waals surface area contributed by atoms with Gasteiger partial charge in [-0.15, -0.1) is 0 Å². The van der Waals surface area contributed by atoms with Crippen LogP contribution in [0.4, 0.5) is 0 Å². The lowest BCUT2D eigenvalue weighted by atomic mass is 10.2. The van der Waals surface area contributed by atoms with E-state index in [0.717, 1.165) is 0 Å². The van der Waals surface area contributed by atoms with E-state index in [4.69, 9.17) is 9.47 Å². The molecule has 1 unspecified atom stereocenters. The lowest BCUT2D eigenvalue weighted by Gasteiger charge is -2.37. The van der Waals surface area contributed by atoms with Gasteiger partial charge < -0.3 is 24.6 Å². The number of rotatable bonds is 3. The highest BCUT2D eigenvalue weighted by Crippen LogP contribution is 2.06. The third-order valence-electron chi connectivity index (χ3n) is 3.43. The van der Waals surface area contributed by atoms with Crippen LogP contribution in [0.3, 0.4) is 0 Å². The number of ether oxygens (including phenoxy) is 2. The summed E-state index contributed by atoms with van der Waals surface area (Å²) in [6.07, 6.45) is 0. The Bertz CT molecular complexity index is 323. The minimum Gasteiger partial charge on any atom is -0.378 e. The van der Waals surface area contributed by atoms with Gasteiger partial charge in [-0.05, 0) is 0 Å². The van der Waals surface area contributed by atoms with Crippen molar-refractivity contribution in [1.29, 1.82) is 0 Å². The smallest absolute Gasteiger partial charge is 0.248 e. The molecule has 2 heterocycles. The highest BCUT2D eigenvalue weighted by atomic mass is 16.5. The molecule has 2 saturated heterocycles. The van der Waals surface area contributed by atoms with Crippen molar-refractivity contribution in [3.8, 4) is 0 Å². The van der Waals surface area contributed by atoms with Crippen LogP contribution in [-0.4, -0.2) is 87.3 Å². The minimum absolute atomic E-state index is 0.0197. The molecule has 0 aromatic heterocycles. The molecular formula is C12H21N3O4. The van der Waals surface area contributed by atoms with E-state index < -0.39 is 0 Å². The maximum absolute atomic E-state index is 12.2. The first-order chi connectivity index (χ1) is 9.22. The molecule has 2 amide bonds. The van der Waals surface area contributed by atoms with Gasteiger partial charge in [-0.3, -0.25) is 9.59 Å². The third kappa shape index (κ3) is 3.65. The van der Waals surface area contributed by atoms with Gasteiger partial charge in [0.15, 0.2) is 0 Å². The Morgan fingerprint density at radius 1 is 1.26 bits per heavy atom. The molecule has 0 radical (unpaired) electrons. The van der Waals surface area contributed by atoms with E-state index in [1.54, 1.807) is 9.80 Å². The summed E-state index contributed by atoms with van der Waals surface area (Å²) in [6, 6.07) is -0.241. The summed E-state index contributed by atoms with van der Waals surface area (Å²) in [6.45, 7) is 4.20. The summed E-state index contributed by atoms with van der Waals surface area (Å²) in [4.78, 5) is 27.4. The number of morpholine rings is 1. The quantitative estimate of drug-likeness (QED) is 0.662. The van der Waals surface area contributed by atoms with Crippen LogP contribution in [0.1, 0.15) is 0 Å². The van der Waals surface area contributed by atoms with Crippen LogP contribution in [0.2, 0.25) is 0 Å². The van der Waals surface area contributed by atoms with Crippen molar-refractivity contribution >= 4 is 11.8 Å². The summed E-state index contributed by atoms with van der Waals surface area (Å²) < 4.78 is 10.1. The van der Waals surface area contributed by atoms with Crippen molar-refractivity contribution in [3.63, 3.8) is 0 Å². The Balaban J connectivity index is 1.79. The molecule has 2 fully saturated rings. The van der Waals surface area contributed by atoms with Crippen LogP contribution in [0.25, 0.3) is 0 Å². The molecule has 0 spiro atoms. The van der Waals surface area contributed by atoms with Crippen LogP contribution in [0.5, 0.6) is 0 Å². The molecule has 0 saturated carbocycles. The number of amides is 2. The fourth-order valence-electron chi connectivity index (χ4n) is 2.34. The predicted octanol–water partition coefficient (Wildman–Crippen LogP) is -1.71. The van der Waals surface area contributed by atoms with Gasteiger partial charge >= 0.3 is 0 Å². The molecule has 7 nitrogen and oxygen atoms in total. The van der Waals surface area contributed by atoms with Gasteiger partial charge in [-0.25, -0.2) is 0 Å². The normalized spacial score (nSPS) is 24.4. The summed E-state index contributed by atoms with van der Waals surface area (Å²) in [5.41, 5.74) is 0. The van der Waals surface area contributed by atoms with E-state index in [0.29, 0.717) is 45.9 Å². The fraction of sp³-hybridized carbons (Fsp3) is 0.833. The Hall–Kier alpha value is -1.18. The lowest BCUT2D eigenvalue weighted by Crippen LogP contribution is -2.58. The number of hydrogen-bond acceptors (Lipinski definition) is 5. The average Bonchev–Trinajstić information content (AvgIpc) is 2.48. The Morgan fingerprint density at radius 3 is 2.53 bits per heavy atom. The number of carbonyl (C=O) groups is 2. The van der Waals surface area contributed by atoms with Crippen molar-refractivity contribution < 1.29 is 19.1 Å². The van der Waals surface area contributed by atoms with Gasteiger partial charge in [0.2, 0.25) is 11.8 Å². The Kier molecular flexibility index (Phi) is 5.12.